The summed E-state index contributed by atoms with van der Waals surface area (Å²) in [6.07, 6.45) is 2.65. The van der Waals surface area contributed by atoms with Crippen LogP contribution in [0.1, 0.15) is 46.1 Å². The van der Waals surface area contributed by atoms with E-state index in [-0.39, 0.29) is 18.3 Å². The van der Waals surface area contributed by atoms with Crippen molar-refractivity contribution in [2.45, 2.75) is 65.1 Å². The van der Waals surface area contributed by atoms with Crippen molar-refractivity contribution in [3.05, 3.63) is 36.0 Å². The molecule has 3 amide bonds. The fourth-order valence-corrected chi connectivity index (χ4v) is 3.85. The molecule has 35 heavy (non-hydrogen) atoms. The van der Waals surface area contributed by atoms with Gasteiger partial charge in [-0.25, -0.2) is 4.79 Å². The fourth-order valence-electron chi connectivity index (χ4n) is 3.85. The van der Waals surface area contributed by atoms with Gasteiger partial charge in [0.15, 0.2) is 0 Å². The second kappa shape index (κ2) is 12.9. The van der Waals surface area contributed by atoms with E-state index in [4.69, 9.17) is 5.73 Å². The summed E-state index contributed by atoms with van der Waals surface area (Å²) in [5.41, 5.74) is 7.56. The van der Waals surface area contributed by atoms with Crippen molar-refractivity contribution in [2.24, 2.45) is 17.6 Å². The van der Waals surface area contributed by atoms with E-state index in [9.17, 15) is 24.3 Å². The number of fused-ring (bicyclic) bond motifs is 1. The molecule has 0 aliphatic rings. The van der Waals surface area contributed by atoms with Gasteiger partial charge in [-0.1, -0.05) is 45.9 Å². The predicted molar refractivity (Wildman–Crippen MR) is 133 cm³/mol. The number of rotatable bonds is 13. The monoisotopic (exact) mass is 487 g/mol. The summed E-state index contributed by atoms with van der Waals surface area (Å²) in [6, 6.07) is 4.72. The van der Waals surface area contributed by atoms with Crippen LogP contribution in [0.15, 0.2) is 30.5 Å². The van der Waals surface area contributed by atoms with Crippen molar-refractivity contribution < 1.29 is 24.3 Å². The van der Waals surface area contributed by atoms with Crippen LogP contribution in [0.3, 0.4) is 0 Å². The van der Waals surface area contributed by atoms with Gasteiger partial charge in [0.25, 0.3) is 0 Å². The number of H-pyrrole nitrogens is 1. The maximum atomic E-state index is 12.7. The van der Waals surface area contributed by atoms with Crippen LogP contribution in [-0.2, 0) is 25.6 Å². The lowest BCUT2D eigenvalue weighted by Gasteiger charge is -2.23. The van der Waals surface area contributed by atoms with Gasteiger partial charge in [0.1, 0.15) is 12.1 Å². The number of carboxylic acids is 1. The third kappa shape index (κ3) is 8.71. The Morgan fingerprint density at radius 2 is 1.60 bits per heavy atom. The number of para-hydroxylation sites is 1. The van der Waals surface area contributed by atoms with Gasteiger partial charge in [-0.05, 0) is 36.3 Å². The van der Waals surface area contributed by atoms with Crippen LogP contribution in [0, 0.1) is 11.8 Å². The average molecular weight is 488 g/mol. The SMILES string of the molecule is CC(C)CC(N)C(=O)NC(CC(C)C)C(=O)NCC(=O)NC(Cc1c[nH]c2ccccc12)C(=O)O. The van der Waals surface area contributed by atoms with Gasteiger partial charge in [-0.3, -0.25) is 14.4 Å². The van der Waals surface area contributed by atoms with E-state index >= 15 is 0 Å². The summed E-state index contributed by atoms with van der Waals surface area (Å²) in [4.78, 5) is 52.4. The molecule has 1 heterocycles. The molecule has 1 aromatic heterocycles. The molecular formula is C25H37N5O5. The molecule has 3 unspecified atom stereocenters. The predicted octanol–water partition coefficient (Wildman–Crippen LogP) is 1.30. The molecule has 0 fully saturated rings. The molecule has 0 radical (unpaired) electrons. The first-order chi connectivity index (χ1) is 16.5. The van der Waals surface area contributed by atoms with Gasteiger partial charge in [0, 0.05) is 23.5 Å². The Hall–Kier alpha value is -3.40. The number of aliphatic carboxylic acids is 1. The molecule has 0 spiro atoms. The summed E-state index contributed by atoms with van der Waals surface area (Å²) < 4.78 is 0. The zero-order valence-corrected chi connectivity index (χ0v) is 20.8. The number of aromatic amines is 1. The maximum absolute atomic E-state index is 12.7. The van der Waals surface area contributed by atoms with Gasteiger partial charge in [0.2, 0.25) is 17.7 Å². The molecule has 7 N–H and O–H groups in total. The van der Waals surface area contributed by atoms with Gasteiger partial charge in [0.05, 0.1) is 12.6 Å². The largest absolute Gasteiger partial charge is 0.480 e. The maximum Gasteiger partial charge on any atom is 0.326 e. The third-order valence-electron chi connectivity index (χ3n) is 5.56. The van der Waals surface area contributed by atoms with E-state index < -0.39 is 48.4 Å². The van der Waals surface area contributed by atoms with Crippen molar-refractivity contribution in [1.82, 2.24) is 20.9 Å². The summed E-state index contributed by atoms with van der Waals surface area (Å²) in [5, 5.41) is 18.1. The highest BCUT2D eigenvalue weighted by atomic mass is 16.4. The van der Waals surface area contributed by atoms with Gasteiger partial charge in [-0.15, -0.1) is 0 Å². The zero-order chi connectivity index (χ0) is 26.1. The quantitative estimate of drug-likeness (QED) is 0.249. The van der Waals surface area contributed by atoms with E-state index in [1.165, 1.54) is 0 Å². The molecular weight excluding hydrogens is 450 g/mol. The smallest absolute Gasteiger partial charge is 0.326 e. The number of benzene rings is 1. The molecule has 0 saturated heterocycles. The number of carbonyl (C=O) groups is 4. The molecule has 2 aromatic rings. The lowest BCUT2D eigenvalue weighted by molar-refractivity contribution is -0.141. The first-order valence-electron chi connectivity index (χ1n) is 11.9. The molecule has 0 aliphatic heterocycles. The normalized spacial score (nSPS) is 13.9. The number of hydrogen-bond donors (Lipinski definition) is 6. The lowest BCUT2D eigenvalue weighted by atomic mass is 10.0. The minimum absolute atomic E-state index is 0.0821. The van der Waals surface area contributed by atoms with Crippen molar-refractivity contribution in [1.29, 1.82) is 0 Å². The lowest BCUT2D eigenvalue weighted by Crippen LogP contribution is -2.54. The Morgan fingerprint density at radius 3 is 2.23 bits per heavy atom. The molecule has 3 atom stereocenters. The van der Waals surface area contributed by atoms with E-state index in [0.29, 0.717) is 12.8 Å². The van der Waals surface area contributed by atoms with Crippen LogP contribution in [0.2, 0.25) is 0 Å². The van der Waals surface area contributed by atoms with Crippen molar-refractivity contribution in [3.8, 4) is 0 Å². The Labute approximate surface area is 205 Å². The number of amides is 3. The van der Waals surface area contributed by atoms with Gasteiger partial charge >= 0.3 is 5.97 Å². The second-order valence-electron chi connectivity index (χ2n) is 9.67. The highest BCUT2D eigenvalue weighted by Crippen LogP contribution is 2.19. The summed E-state index contributed by atoms with van der Waals surface area (Å²) >= 11 is 0. The Balaban J connectivity index is 1.96. The number of carbonyl (C=O) groups excluding carboxylic acids is 3. The fraction of sp³-hybridized carbons (Fsp3) is 0.520. The zero-order valence-electron chi connectivity index (χ0n) is 20.8. The Bertz CT molecular complexity index is 1030. The van der Waals surface area contributed by atoms with Gasteiger partial charge in [-0.2, -0.15) is 0 Å². The molecule has 2 rings (SSSR count). The van der Waals surface area contributed by atoms with Crippen LogP contribution >= 0.6 is 0 Å². The van der Waals surface area contributed by atoms with Crippen LogP contribution in [0.25, 0.3) is 10.9 Å². The number of hydrogen-bond acceptors (Lipinski definition) is 5. The molecule has 0 saturated carbocycles. The number of aromatic nitrogens is 1. The highest BCUT2D eigenvalue weighted by Gasteiger charge is 2.26. The molecule has 192 valence electrons. The van der Waals surface area contributed by atoms with Gasteiger partial charge < -0.3 is 31.8 Å². The minimum Gasteiger partial charge on any atom is -0.480 e. The van der Waals surface area contributed by atoms with Crippen molar-refractivity contribution in [3.63, 3.8) is 0 Å². The van der Waals surface area contributed by atoms with Crippen molar-refractivity contribution >= 4 is 34.6 Å². The number of nitrogens with two attached hydrogens (primary N) is 1. The molecule has 0 aliphatic carbocycles. The minimum atomic E-state index is -1.18. The average Bonchev–Trinajstić information content (AvgIpc) is 3.18. The highest BCUT2D eigenvalue weighted by molar-refractivity contribution is 5.93. The summed E-state index contributed by atoms with van der Waals surface area (Å²) in [6.45, 7) is 7.31. The topological polar surface area (TPSA) is 166 Å². The van der Waals surface area contributed by atoms with Crippen molar-refractivity contribution in [2.75, 3.05) is 6.54 Å². The standard InChI is InChI=1S/C25H37N5O5/c1-14(2)9-18(26)23(32)30-20(10-15(3)4)24(33)28-13-22(31)29-21(25(34)35)11-16-12-27-19-8-6-5-7-17(16)19/h5-8,12,14-15,18,20-21,27H,9-11,13,26H2,1-4H3,(H,28,33)(H,29,31)(H,30,32)(H,34,35). The van der Waals surface area contributed by atoms with E-state index in [1.54, 1.807) is 6.20 Å². The molecule has 10 heteroatoms. The first-order valence-corrected chi connectivity index (χ1v) is 11.9. The summed E-state index contributed by atoms with van der Waals surface area (Å²) in [7, 11) is 0. The molecule has 0 bridgehead atoms. The van der Waals surface area contributed by atoms with E-state index in [2.05, 4.69) is 20.9 Å². The Kier molecular flexibility index (Phi) is 10.3. The summed E-state index contributed by atoms with van der Waals surface area (Å²) in [5.74, 6) is -2.44. The third-order valence-corrected chi connectivity index (χ3v) is 5.56. The second-order valence-corrected chi connectivity index (χ2v) is 9.67. The molecule has 1 aromatic carbocycles. The van der Waals surface area contributed by atoms with Crippen LogP contribution in [-0.4, -0.2) is 58.5 Å². The van der Waals surface area contributed by atoms with E-state index in [0.717, 1.165) is 16.5 Å². The number of carboxylic acid groups (broad SMARTS) is 1. The van der Waals surface area contributed by atoms with Crippen LogP contribution in [0.5, 0.6) is 0 Å². The first kappa shape index (κ1) is 27.8. The van der Waals surface area contributed by atoms with Crippen LogP contribution in [0.4, 0.5) is 0 Å². The van der Waals surface area contributed by atoms with Crippen LogP contribution < -0.4 is 21.7 Å². The number of nitrogens with one attached hydrogen (secondary N) is 4. The molecule has 10 nitrogen and oxygen atoms in total. The van der Waals surface area contributed by atoms with E-state index in [1.807, 2.05) is 52.0 Å². The Morgan fingerprint density at radius 1 is 0.943 bits per heavy atom.